The van der Waals surface area contributed by atoms with Crippen LogP contribution in [0.4, 0.5) is 0 Å². The number of rotatable bonds is 8. The normalized spacial score (nSPS) is 14.8. The van der Waals surface area contributed by atoms with E-state index in [4.69, 9.17) is 4.74 Å². The van der Waals surface area contributed by atoms with Crippen LogP contribution < -0.4 is 10.1 Å². The van der Waals surface area contributed by atoms with Crippen LogP contribution in [-0.2, 0) is 6.54 Å². The summed E-state index contributed by atoms with van der Waals surface area (Å²) >= 11 is 0. The minimum atomic E-state index is 0.712. The van der Waals surface area contributed by atoms with Crippen molar-refractivity contribution in [1.82, 2.24) is 10.3 Å². The zero-order valence-electron chi connectivity index (χ0n) is 13.3. The maximum absolute atomic E-state index is 5.95. The molecule has 3 nitrogen and oxygen atoms in total. The number of aromatic nitrogens is 1. The van der Waals surface area contributed by atoms with E-state index in [1.54, 1.807) is 0 Å². The molecule has 3 heteroatoms. The Morgan fingerprint density at radius 2 is 2.10 bits per heavy atom. The van der Waals surface area contributed by atoms with Gasteiger partial charge in [0.15, 0.2) is 0 Å². The summed E-state index contributed by atoms with van der Waals surface area (Å²) in [6.07, 6.45) is 4.92. The van der Waals surface area contributed by atoms with E-state index in [0.717, 1.165) is 37.1 Å². The van der Waals surface area contributed by atoms with Crippen LogP contribution in [0, 0.1) is 19.8 Å². The van der Waals surface area contributed by atoms with Crippen molar-refractivity contribution in [2.45, 2.75) is 66.0 Å². The SMILES string of the molecule is Cc1cc(C)c(CNC2CC2)c(OCCCC(C)C)n1. The lowest BCUT2D eigenvalue weighted by Crippen LogP contribution is -2.18. The van der Waals surface area contributed by atoms with Gasteiger partial charge in [-0.05, 0) is 57.1 Å². The van der Waals surface area contributed by atoms with Crippen LogP contribution in [0.15, 0.2) is 6.07 Å². The highest BCUT2D eigenvalue weighted by Gasteiger charge is 2.21. The number of hydrogen-bond acceptors (Lipinski definition) is 3. The molecule has 0 saturated heterocycles. The van der Waals surface area contributed by atoms with Gasteiger partial charge < -0.3 is 10.1 Å². The van der Waals surface area contributed by atoms with Crippen LogP contribution in [-0.4, -0.2) is 17.6 Å². The van der Waals surface area contributed by atoms with E-state index in [-0.39, 0.29) is 0 Å². The van der Waals surface area contributed by atoms with Crippen LogP contribution >= 0.6 is 0 Å². The highest BCUT2D eigenvalue weighted by Crippen LogP contribution is 2.24. The molecule has 0 aliphatic heterocycles. The molecule has 1 N–H and O–H groups in total. The summed E-state index contributed by atoms with van der Waals surface area (Å²) in [5, 5.41) is 3.56. The quantitative estimate of drug-likeness (QED) is 0.734. The molecule has 20 heavy (non-hydrogen) atoms. The van der Waals surface area contributed by atoms with Crippen LogP contribution in [0.2, 0.25) is 0 Å². The summed E-state index contributed by atoms with van der Waals surface area (Å²) in [6, 6.07) is 2.86. The average Bonchev–Trinajstić information content (AvgIpc) is 3.17. The Morgan fingerprint density at radius 1 is 1.35 bits per heavy atom. The Bertz CT molecular complexity index is 439. The first-order valence-electron chi connectivity index (χ1n) is 7.89. The second-order valence-corrected chi connectivity index (χ2v) is 6.40. The Morgan fingerprint density at radius 3 is 2.75 bits per heavy atom. The minimum absolute atomic E-state index is 0.712. The van der Waals surface area contributed by atoms with Crippen molar-refractivity contribution in [3.05, 3.63) is 22.9 Å². The first-order valence-corrected chi connectivity index (χ1v) is 7.89. The van der Waals surface area contributed by atoms with Crippen LogP contribution in [0.25, 0.3) is 0 Å². The third kappa shape index (κ3) is 4.78. The molecule has 0 aromatic carbocycles. The highest BCUT2D eigenvalue weighted by molar-refractivity contribution is 5.36. The van der Waals surface area contributed by atoms with Crippen molar-refractivity contribution in [3.63, 3.8) is 0 Å². The van der Waals surface area contributed by atoms with E-state index in [2.05, 4.69) is 37.1 Å². The van der Waals surface area contributed by atoms with Gasteiger partial charge in [0.2, 0.25) is 5.88 Å². The zero-order chi connectivity index (χ0) is 14.5. The van der Waals surface area contributed by atoms with Crippen molar-refractivity contribution in [2.24, 2.45) is 5.92 Å². The van der Waals surface area contributed by atoms with Gasteiger partial charge in [0.1, 0.15) is 0 Å². The Hall–Kier alpha value is -1.09. The van der Waals surface area contributed by atoms with Gasteiger partial charge in [-0.15, -0.1) is 0 Å². The van der Waals surface area contributed by atoms with Gasteiger partial charge in [-0.1, -0.05) is 13.8 Å². The fourth-order valence-corrected chi connectivity index (χ4v) is 2.36. The molecule has 112 valence electrons. The van der Waals surface area contributed by atoms with E-state index < -0.39 is 0 Å². The van der Waals surface area contributed by atoms with Crippen LogP contribution in [0.3, 0.4) is 0 Å². The van der Waals surface area contributed by atoms with Crippen molar-refractivity contribution >= 4 is 0 Å². The number of pyridine rings is 1. The van der Waals surface area contributed by atoms with Crippen molar-refractivity contribution in [3.8, 4) is 5.88 Å². The molecule has 1 aromatic rings. The first kappa shape index (κ1) is 15.3. The standard InChI is InChI=1S/C17H28N2O/c1-12(2)6-5-9-20-17-16(11-18-15-7-8-15)13(3)10-14(4)19-17/h10,12,15,18H,5-9,11H2,1-4H3. The largest absolute Gasteiger partial charge is 0.477 e. The molecule has 1 aliphatic rings. The predicted molar refractivity (Wildman–Crippen MR) is 83.1 cm³/mol. The van der Waals surface area contributed by atoms with E-state index in [1.165, 1.54) is 30.4 Å². The van der Waals surface area contributed by atoms with Crippen molar-refractivity contribution in [1.29, 1.82) is 0 Å². The van der Waals surface area contributed by atoms with Gasteiger partial charge in [0, 0.05) is 23.8 Å². The summed E-state index contributed by atoms with van der Waals surface area (Å²) in [7, 11) is 0. The average molecular weight is 276 g/mol. The van der Waals surface area contributed by atoms with Crippen LogP contribution in [0.1, 0.15) is 56.4 Å². The molecule has 0 atom stereocenters. The first-order chi connectivity index (χ1) is 9.56. The van der Waals surface area contributed by atoms with Crippen molar-refractivity contribution in [2.75, 3.05) is 6.61 Å². The zero-order valence-corrected chi connectivity index (χ0v) is 13.3. The maximum Gasteiger partial charge on any atom is 0.218 e. The molecular weight excluding hydrogens is 248 g/mol. The molecule has 0 amide bonds. The molecule has 0 bridgehead atoms. The molecule has 1 aliphatic carbocycles. The molecule has 2 rings (SSSR count). The lowest BCUT2D eigenvalue weighted by molar-refractivity contribution is 0.282. The third-order valence-corrected chi connectivity index (χ3v) is 3.75. The smallest absolute Gasteiger partial charge is 0.218 e. The highest BCUT2D eigenvalue weighted by atomic mass is 16.5. The molecule has 0 unspecified atom stereocenters. The number of nitrogens with one attached hydrogen (secondary N) is 1. The van der Waals surface area contributed by atoms with Gasteiger partial charge in [0.25, 0.3) is 0 Å². The lowest BCUT2D eigenvalue weighted by Gasteiger charge is -2.15. The van der Waals surface area contributed by atoms with Gasteiger partial charge in [-0.3, -0.25) is 0 Å². The third-order valence-electron chi connectivity index (χ3n) is 3.75. The minimum Gasteiger partial charge on any atom is -0.477 e. The number of aryl methyl sites for hydroxylation is 2. The van der Waals surface area contributed by atoms with Crippen molar-refractivity contribution < 1.29 is 4.74 Å². The summed E-state index contributed by atoms with van der Waals surface area (Å²) in [5.41, 5.74) is 3.55. The van der Waals surface area contributed by atoms with E-state index in [9.17, 15) is 0 Å². The molecule has 1 heterocycles. The molecular formula is C17H28N2O. The van der Waals surface area contributed by atoms with Crippen LogP contribution in [0.5, 0.6) is 5.88 Å². The fourth-order valence-electron chi connectivity index (χ4n) is 2.36. The summed E-state index contributed by atoms with van der Waals surface area (Å²) in [6.45, 7) is 10.3. The molecule has 1 aromatic heterocycles. The number of ether oxygens (including phenoxy) is 1. The van der Waals surface area contributed by atoms with Gasteiger partial charge in [-0.25, -0.2) is 4.98 Å². The van der Waals surface area contributed by atoms with Gasteiger partial charge in [-0.2, -0.15) is 0 Å². The Balaban J connectivity index is 1.96. The summed E-state index contributed by atoms with van der Waals surface area (Å²) < 4.78 is 5.95. The summed E-state index contributed by atoms with van der Waals surface area (Å²) in [5.74, 6) is 1.57. The number of hydrogen-bond donors (Lipinski definition) is 1. The topological polar surface area (TPSA) is 34.1 Å². The van der Waals surface area contributed by atoms with Gasteiger partial charge >= 0.3 is 0 Å². The predicted octanol–water partition coefficient (Wildman–Crippen LogP) is 3.77. The Labute approximate surface area is 123 Å². The monoisotopic (exact) mass is 276 g/mol. The summed E-state index contributed by atoms with van der Waals surface area (Å²) in [4.78, 5) is 4.59. The van der Waals surface area contributed by atoms with E-state index >= 15 is 0 Å². The van der Waals surface area contributed by atoms with E-state index in [1.807, 2.05) is 6.92 Å². The second kappa shape index (κ2) is 7.07. The second-order valence-electron chi connectivity index (χ2n) is 6.40. The molecule has 1 fully saturated rings. The fraction of sp³-hybridized carbons (Fsp3) is 0.706. The maximum atomic E-state index is 5.95. The lowest BCUT2D eigenvalue weighted by atomic mass is 10.1. The molecule has 1 saturated carbocycles. The number of nitrogens with zero attached hydrogens (tertiary/aromatic N) is 1. The molecule has 0 spiro atoms. The van der Waals surface area contributed by atoms with Gasteiger partial charge in [0.05, 0.1) is 6.61 Å². The van der Waals surface area contributed by atoms with E-state index in [0.29, 0.717) is 6.04 Å². The molecule has 0 radical (unpaired) electrons. The Kier molecular flexibility index (Phi) is 5.41.